The third-order valence-corrected chi connectivity index (χ3v) is 2.96. The van der Waals surface area contributed by atoms with Gasteiger partial charge in [0.05, 0.1) is 13.7 Å². The summed E-state index contributed by atoms with van der Waals surface area (Å²) in [4.78, 5) is 36.3. The average molecular weight is 301 g/mol. The summed E-state index contributed by atoms with van der Waals surface area (Å²) in [5, 5.41) is 0. The maximum Gasteiger partial charge on any atom is 0.410 e. The highest BCUT2D eigenvalue weighted by atomic mass is 16.6. The van der Waals surface area contributed by atoms with E-state index < -0.39 is 35.8 Å². The number of amides is 1. The van der Waals surface area contributed by atoms with Gasteiger partial charge in [-0.2, -0.15) is 0 Å². The van der Waals surface area contributed by atoms with Gasteiger partial charge in [0.25, 0.3) is 0 Å². The van der Waals surface area contributed by atoms with Gasteiger partial charge in [-0.05, 0) is 33.6 Å². The van der Waals surface area contributed by atoms with Crippen LogP contribution in [0.5, 0.6) is 0 Å². The predicted molar refractivity (Wildman–Crippen MR) is 73.5 cm³/mol. The second-order valence-corrected chi connectivity index (χ2v) is 5.98. The molecular weight excluding hydrogens is 278 g/mol. The molecule has 1 saturated heterocycles. The first-order valence-electron chi connectivity index (χ1n) is 6.88. The number of ether oxygens (including phenoxy) is 3. The van der Waals surface area contributed by atoms with Crippen molar-refractivity contribution in [1.82, 2.24) is 4.90 Å². The topological polar surface area (TPSA) is 82.1 Å². The first-order valence-corrected chi connectivity index (χ1v) is 6.88. The standard InChI is InChI=1S/C14H23NO6/c1-9(16)20-10-6-7-11(12(17)21-14(2,3)4)15(8-10)13(18)19-5/h10-11H,6-8H2,1-5H3/t10-,11+/m1/s1. The largest absolute Gasteiger partial charge is 0.461 e. The number of esters is 2. The van der Waals surface area contributed by atoms with Crippen molar-refractivity contribution in [3.8, 4) is 0 Å². The monoisotopic (exact) mass is 301 g/mol. The first kappa shape index (κ1) is 17.3. The Hall–Kier alpha value is -1.79. The van der Waals surface area contributed by atoms with Crippen LogP contribution in [0.4, 0.5) is 4.79 Å². The van der Waals surface area contributed by atoms with E-state index in [1.165, 1.54) is 18.9 Å². The Labute approximate surface area is 124 Å². The molecule has 0 spiro atoms. The second-order valence-electron chi connectivity index (χ2n) is 5.98. The van der Waals surface area contributed by atoms with Crippen molar-refractivity contribution < 1.29 is 28.6 Å². The molecule has 0 radical (unpaired) electrons. The lowest BCUT2D eigenvalue weighted by Gasteiger charge is -2.37. The fraction of sp³-hybridized carbons (Fsp3) is 0.786. The molecule has 0 aromatic rings. The van der Waals surface area contributed by atoms with Gasteiger partial charge in [0.1, 0.15) is 17.7 Å². The maximum atomic E-state index is 12.2. The number of carbonyl (C=O) groups excluding carboxylic acids is 3. The molecule has 21 heavy (non-hydrogen) atoms. The number of nitrogens with zero attached hydrogens (tertiary/aromatic N) is 1. The fourth-order valence-corrected chi connectivity index (χ4v) is 2.20. The Balaban J connectivity index is 2.81. The van der Waals surface area contributed by atoms with E-state index in [-0.39, 0.29) is 6.54 Å². The molecule has 1 aliphatic rings. The summed E-state index contributed by atoms with van der Waals surface area (Å²) < 4.78 is 15.1. The Morgan fingerprint density at radius 3 is 2.24 bits per heavy atom. The third-order valence-electron chi connectivity index (χ3n) is 2.96. The summed E-state index contributed by atoms with van der Waals surface area (Å²) in [6.07, 6.45) is -0.207. The van der Waals surface area contributed by atoms with Crippen LogP contribution in [0.15, 0.2) is 0 Å². The average Bonchev–Trinajstić information content (AvgIpc) is 2.34. The zero-order valence-electron chi connectivity index (χ0n) is 13.2. The summed E-state index contributed by atoms with van der Waals surface area (Å²) in [6.45, 7) is 6.71. The molecule has 0 aromatic heterocycles. The number of likely N-dealkylation sites (tertiary alicyclic amines) is 1. The van der Waals surface area contributed by atoms with Crippen LogP contribution in [-0.4, -0.2) is 54.3 Å². The molecule has 7 heteroatoms. The highest BCUT2D eigenvalue weighted by Crippen LogP contribution is 2.23. The third kappa shape index (κ3) is 5.24. The molecule has 2 atom stereocenters. The zero-order chi connectivity index (χ0) is 16.2. The van der Waals surface area contributed by atoms with Gasteiger partial charge in [0.15, 0.2) is 0 Å². The molecule has 0 aliphatic carbocycles. The van der Waals surface area contributed by atoms with Crippen LogP contribution < -0.4 is 0 Å². The minimum Gasteiger partial charge on any atom is -0.461 e. The Bertz CT molecular complexity index is 414. The second kappa shape index (κ2) is 6.78. The molecule has 0 N–H and O–H groups in total. The molecule has 1 fully saturated rings. The zero-order valence-corrected chi connectivity index (χ0v) is 13.2. The van der Waals surface area contributed by atoms with Crippen LogP contribution >= 0.6 is 0 Å². The lowest BCUT2D eigenvalue weighted by atomic mass is 10.00. The predicted octanol–water partition coefficient (Wildman–Crippen LogP) is 1.49. The van der Waals surface area contributed by atoms with Gasteiger partial charge >= 0.3 is 18.0 Å². The SMILES string of the molecule is COC(=O)N1C[C@H](OC(C)=O)CC[C@H]1C(=O)OC(C)(C)C. The minimum atomic E-state index is -0.719. The lowest BCUT2D eigenvalue weighted by Crippen LogP contribution is -2.54. The molecule has 1 amide bonds. The highest BCUT2D eigenvalue weighted by Gasteiger charge is 2.39. The van der Waals surface area contributed by atoms with Crippen molar-refractivity contribution in [3.05, 3.63) is 0 Å². The molecule has 7 nitrogen and oxygen atoms in total. The van der Waals surface area contributed by atoms with Gasteiger partial charge in [-0.3, -0.25) is 9.69 Å². The van der Waals surface area contributed by atoms with Crippen molar-refractivity contribution in [2.24, 2.45) is 0 Å². The first-order chi connectivity index (χ1) is 9.64. The quantitative estimate of drug-likeness (QED) is 0.567. The Morgan fingerprint density at radius 1 is 1.14 bits per heavy atom. The maximum absolute atomic E-state index is 12.2. The number of piperidine rings is 1. The van der Waals surface area contributed by atoms with Crippen molar-refractivity contribution in [3.63, 3.8) is 0 Å². The van der Waals surface area contributed by atoms with E-state index >= 15 is 0 Å². The molecular formula is C14H23NO6. The molecule has 0 saturated carbocycles. The van der Waals surface area contributed by atoms with E-state index in [0.29, 0.717) is 12.8 Å². The van der Waals surface area contributed by atoms with E-state index in [1.807, 2.05) is 0 Å². The van der Waals surface area contributed by atoms with Crippen LogP contribution in [0.3, 0.4) is 0 Å². The number of rotatable bonds is 2. The summed E-state index contributed by atoms with van der Waals surface area (Å²) in [5.74, 6) is -0.894. The van der Waals surface area contributed by atoms with Crippen LogP contribution in [0.2, 0.25) is 0 Å². The molecule has 0 bridgehead atoms. The van der Waals surface area contributed by atoms with Crippen molar-refractivity contribution in [1.29, 1.82) is 0 Å². The summed E-state index contributed by atoms with van der Waals surface area (Å²) >= 11 is 0. The normalized spacial score (nSPS) is 22.4. The number of methoxy groups -OCH3 is 1. The van der Waals surface area contributed by atoms with Crippen molar-refractivity contribution in [2.45, 2.75) is 58.3 Å². The van der Waals surface area contributed by atoms with Gasteiger partial charge in [0, 0.05) is 6.92 Å². The van der Waals surface area contributed by atoms with Gasteiger partial charge in [-0.25, -0.2) is 9.59 Å². The van der Waals surface area contributed by atoms with E-state index in [2.05, 4.69) is 0 Å². The molecule has 1 heterocycles. The van der Waals surface area contributed by atoms with Gasteiger partial charge in [-0.15, -0.1) is 0 Å². The van der Waals surface area contributed by atoms with E-state index in [4.69, 9.17) is 14.2 Å². The summed E-state index contributed by atoms with van der Waals surface area (Å²) in [7, 11) is 1.24. The van der Waals surface area contributed by atoms with E-state index in [1.54, 1.807) is 20.8 Å². The fourth-order valence-electron chi connectivity index (χ4n) is 2.20. The summed E-state index contributed by atoms with van der Waals surface area (Å²) in [6, 6.07) is -0.719. The highest BCUT2D eigenvalue weighted by molar-refractivity contribution is 5.82. The van der Waals surface area contributed by atoms with E-state index in [0.717, 1.165) is 0 Å². The van der Waals surface area contributed by atoms with Gasteiger partial charge < -0.3 is 14.2 Å². The molecule has 0 aromatic carbocycles. The number of carbonyl (C=O) groups is 3. The minimum absolute atomic E-state index is 0.121. The molecule has 120 valence electrons. The van der Waals surface area contributed by atoms with Crippen LogP contribution in [0.25, 0.3) is 0 Å². The number of hydrogen-bond donors (Lipinski definition) is 0. The number of hydrogen-bond acceptors (Lipinski definition) is 6. The van der Waals surface area contributed by atoms with Crippen molar-refractivity contribution >= 4 is 18.0 Å². The van der Waals surface area contributed by atoms with Crippen LogP contribution in [-0.2, 0) is 23.8 Å². The van der Waals surface area contributed by atoms with Gasteiger partial charge in [0.2, 0.25) is 0 Å². The molecule has 0 unspecified atom stereocenters. The Morgan fingerprint density at radius 2 is 1.76 bits per heavy atom. The van der Waals surface area contributed by atoms with Gasteiger partial charge in [-0.1, -0.05) is 0 Å². The van der Waals surface area contributed by atoms with E-state index in [9.17, 15) is 14.4 Å². The van der Waals surface area contributed by atoms with Crippen molar-refractivity contribution in [2.75, 3.05) is 13.7 Å². The van der Waals surface area contributed by atoms with Crippen LogP contribution in [0, 0.1) is 0 Å². The molecule has 1 rings (SSSR count). The smallest absolute Gasteiger partial charge is 0.410 e. The molecule has 1 aliphatic heterocycles. The Kier molecular flexibility index (Phi) is 5.57. The summed E-state index contributed by atoms with van der Waals surface area (Å²) in [5.41, 5.74) is -0.633. The van der Waals surface area contributed by atoms with Crippen LogP contribution in [0.1, 0.15) is 40.5 Å². The lowest BCUT2D eigenvalue weighted by molar-refractivity contribution is -0.165.